The molecule has 0 bridgehead atoms. The number of halogens is 3. The molecule has 264 valence electrons. The van der Waals surface area contributed by atoms with Gasteiger partial charge in [0.1, 0.15) is 11.4 Å². The third-order valence-electron chi connectivity index (χ3n) is 8.90. The molecule has 1 aromatic carbocycles. The number of hydrogen-bond acceptors (Lipinski definition) is 8. The minimum absolute atomic E-state index is 0.0801. The van der Waals surface area contributed by atoms with Crippen molar-refractivity contribution in [1.29, 1.82) is 0 Å². The van der Waals surface area contributed by atoms with Gasteiger partial charge in [0.05, 0.1) is 0 Å². The second kappa shape index (κ2) is 19.0. The van der Waals surface area contributed by atoms with E-state index in [-0.39, 0.29) is 24.2 Å². The van der Waals surface area contributed by atoms with Gasteiger partial charge in [-0.3, -0.25) is 9.69 Å². The molecule has 0 spiro atoms. The van der Waals surface area contributed by atoms with Gasteiger partial charge in [0, 0.05) is 75.8 Å². The molecule has 9 nitrogen and oxygen atoms in total. The number of rotatable bonds is 14. The largest absolute Gasteiger partial charge is 0.421 e. The molecule has 3 heterocycles. The number of piperazine rings is 1. The van der Waals surface area contributed by atoms with Crippen molar-refractivity contribution < 1.29 is 18.0 Å². The van der Waals surface area contributed by atoms with Crippen LogP contribution in [0.15, 0.2) is 24.4 Å². The average molecular weight is 663 g/mol. The molecule has 2 aliphatic rings. The van der Waals surface area contributed by atoms with Crippen LogP contribution in [0, 0.1) is 0 Å². The number of carbonyl (C=O) groups is 1. The van der Waals surface area contributed by atoms with Crippen LogP contribution >= 0.6 is 0 Å². The number of benzene rings is 1. The standard InChI is InChI=1S/C33H51F3N8O.C2H6/c1-5-9-30(45)44(15-6-2)16-8-14-37-31-28(33(34,35)36)24-38-32(40-31)39-29-11-10-27(23-25(29)7-3)43-21-19-42(20-22-43)26-12-17-41(4)18-13-26;1-2/h10-11,23-24,26H,5-9,12-22H2,1-4H3,(H2,37,38,39,40);1-2H3. The molecule has 2 aromatic rings. The molecule has 2 saturated heterocycles. The minimum atomic E-state index is -4.60. The fourth-order valence-corrected chi connectivity index (χ4v) is 6.28. The lowest BCUT2D eigenvalue weighted by atomic mass is 10.0. The van der Waals surface area contributed by atoms with E-state index in [1.54, 1.807) is 4.90 Å². The van der Waals surface area contributed by atoms with Gasteiger partial charge < -0.3 is 25.3 Å². The van der Waals surface area contributed by atoms with Crippen molar-refractivity contribution in [2.45, 2.75) is 91.8 Å². The van der Waals surface area contributed by atoms with Crippen LogP contribution in [0.25, 0.3) is 0 Å². The zero-order valence-electron chi connectivity index (χ0n) is 29.4. The van der Waals surface area contributed by atoms with E-state index in [1.807, 2.05) is 33.8 Å². The lowest BCUT2D eigenvalue weighted by Crippen LogP contribution is -2.53. The second-order valence-corrected chi connectivity index (χ2v) is 12.2. The van der Waals surface area contributed by atoms with E-state index in [1.165, 1.54) is 25.9 Å². The van der Waals surface area contributed by atoms with Crippen molar-refractivity contribution in [1.82, 2.24) is 24.7 Å². The Morgan fingerprint density at radius 2 is 1.70 bits per heavy atom. The maximum atomic E-state index is 13.8. The fourth-order valence-electron chi connectivity index (χ4n) is 6.28. The van der Waals surface area contributed by atoms with Crippen molar-refractivity contribution in [2.75, 3.05) is 81.5 Å². The Kier molecular flexibility index (Phi) is 15.5. The van der Waals surface area contributed by atoms with Crippen molar-refractivity contribution in [3.05, 3.63) is 35.5 Å². The molecule has 2 fully saturated rings. The van der Waals surface area contributed by atoms with E-state index in [9.17, 15) is 18.0 Å². The zero-order chi connectivity index (χ0) is 34.4. The van der Waals surface area contributed by atoms with Crippen LogP contribution in [-0.2, 0) is 17.4 Å². The van der Waals surface area contributed by atoms with E-state index >= 15 is 0 Å². The van der Waals surface area contributed by atoms with Gasteiger partial charge in [0.25, 0.3) is 0 Å². The lowest BCUT2D eigenvalue weighted by Gasteiger charge is -2.43. The molecular weight excluding hydrogens is 605 g/mol. The van der Waals surface area contributed by atoms with Gasteiger partial charge in [0.2, 0.25) is 11.9 Å². The quantitative estimate of drug-likeness (QED) is 0.212. The minimum Gasteiger partial charge on any atom is -0.369 e. The average Bonchev–Trinajstić information content (AvgIpc) is 3.07. The summed E-state index contributed by atoms with van der Waals surface area (Å²) in [6.07, 6.45) is 2.03. The Morgan fingerprint density at radius 3 is 2.32 bits per heavy atom. The molecule has 1 amide bonds. The molecule has 0 radical (unpaired) electrons. The van der Waals surface area contributed by atoms with Crippen LogP contribution < -0.4 is 15.5 Å². The summed E-state index contributed by atoms with van der Waals surface area (Å²) in [5, 5.41) is 6.03. The Morgan fingerprint density at radius 1 is 1.00 bits per heavy atom. The normalized spacial score (nSPS) is 16.4. The smallest absolute Gasteiger partial charge is 0.369 e. The highest BCUT2D eigenvalue weighted by atomic mass is 19.4. The van der Waals surface area contributed by atoms with Gasteiger partial charge in [-0.05, 0) is 82.4 Å². The molecule has 1 aromatic heterocycles. The number of anilines is 4. The number of carbonyl (C=O) groups excluding carboxylic acids is 1. The summed E-state index contributed by atoms with van der Waals surface area (Å²) in [4.78, 5) is 29.9. The maximum Gasteiger partial charge on any atom is 0.421 e. The summed E-state index contributed by atoms with van der Waals surface area (Å²) in [6.45, 7) is 17.8. The molecule has 12 heteroatoms. The molecular formula is C35H57F3N8O. The van der Waals surface area contributed by atoms with Crippen molar-refractivity contribution in [3.8, 4) is 0 Å². The van der Waals surface area contributed by atoms with E-state index in [2.05, 4.69) is 61.4 Å². The van der Waals surface area contributed by atoms with Crippen LogP contribution in [-0.4, -0.2) is 103 Å². The number of hydrogen-bond donors (Lipinski definition) is 2. The zero-order valence-corrected chi connectivity index (χ0v) is 29.4. The predicted molar refractivity (Wildman–Crippen MR) is 187 cm³/mol. The molecule has 47 heavy (non-hydrogen) atoms. The molecule has 4 rings (SSSR count). The molecule has 0 saturated carbocycles. The first-order valence-corrected chi connectivity index (χ1v) is 17.7. The highest BCUT2D eigenvalue weighted by molar-refractivity contribution is 5.76. The molecule has 0 atom stereocenters. The van der Waals surface area contributed by atoms with Crippen molar-refractivity contribution in [3.63, 3.8) is 0 Å². The van der Waals surface area contributed by atoms with Gasteiger partial charge in [-0.15, -0.1) is 0 Å². The summed E-state index contributed by atoms with van der Waals surface area (Å²) in [7, 11) is 2.19. The van der Waals surface area contributed by atoms with Gasteiger partial charge in [0.15, 0.2) is 0 Å². The van der Waals surface area contributed by atoms with E-state index in [4.69, 9.17) is 0 Å². The van der Waals surface area contributed by atoms with Gasteiger partial charge in [-0.2, -0.15) is 18.2 Å². The van der Waals surface area contributed by atoms with E-state index < -0.39 is 11.7 Å². The fraction of sp³-hybridized carbons (Fsp3) is 0.686. The highest BCUT2D eigenvalue weighted by Gasteiger charge is 2.35. The van der Waals surface area contributed by atoms with Crippen molar-refractivity contribution in [2.24, 2.45) is 0 Å². The number of piperidine rings is 1. The number of nitrogens with zero attached hydrogens (tertiary/aromatic N) is 6. The van der Waals surface area contributed by atoms with Gasteiger partial charge in [-0.1, -0.05) is 34.6 Å². The highest BCUT2D eigenvalue weighted by Crippen LogP contribution is 2.35. The first-order chi connectivity index (χ1) is 22.6. The molecule has 0 aliphatic carbocycles. The van der Waals surface area contributed by atoms with E-state index in [0.29, 0.717) is 32.0 Å². The first kappa shape index (κ1) is 38.3. The number of alkyl halides is 3. The molecule has 0 unspecified atom stereocenters. The van der Waals surface area contributed by atoms with Crippen molar-refractivity contribution >= 4 is 29.0 Å². The number of nitrogens with one attached hydrogen (secondary N) is 2. The van der Waals surface area contributed by atoms with Crippen LogP contribution in [0.3, 0.4) is 0 Å². The number of aromatic nitrogens is 2. The van der Waals surface area contributed by atoms with Crippen LogP contribution in [0.2, 0.25) is 0 Å². The van der Waals surface area contributed by atoms with Crippen LogP contribution in [0.1, 0.15) is 84.3 Å². The Hall–Kier alpha value is -3.12. The Bertz CT molecular complexity index is 1230. The Labute approximate surface area is 280 Å². The summed E-state index contributed by atoms with van der Waals surface area (Å²) < 4.78 is 41.5. The lowest BCUT2D eigenvalue weighted by molar-refractivity contribution is -0.137. The number of likely N-dealkylation sites (tertiary alicyclic amines) is 1. The summed E-state index contributed by atoms with van der Waals surface area (Å²) in [6, 6.07) is 6.88. The Balaban J connectivity index is 0.00000294. The topological polar surface area (TPSA) is 79.9 Å². The SMILES string of the molecule is CC.CCCC(=O)N(CCC)CCCNc1nc(Nc2ccc(N3CCN(C4CCN(C)CC4)CC3)cc2CC)ncc1C(F)(F)F. The van der Waals surface area contributed by atoms with Crippen LogP contribution in [0.5, 0.6) is 0 Å². The van der Waals surface area contributed by atoms with Gasteiger partial charge in [-0.25, -0.2) is 4.98 Å². The molecule has 2 N–H and O–H groups in total. The summed E-state index contributed by atoms with van der Waals surface area (Å²) >= 11 is 0. The predicted octanol–water partition coefficient (Wildman–Crippen LogP) is 6.88. The monoisotopic (exact) mass is 662 g/mol. The van der Waals surface area contributed by atoms with E-state index in [0.717, 1.165) is 68.6 Å². The summed E-state index contributed by atoms with van der Waals surface area (Å²) in [5.74, 6) is -0.0824. The third kappa shape index (κ3) is 11.2. The van der Waals surface area contributed by atoms with Gasteiger partial charge >= 0.3 is 6.18 Å². The number of amides is 1. The number of aryl methyl sites for hydroxylation is 1. The second-order valence-electron chi connectivity index (χ2n) is 12.2. The first-order valence-electron chi connectivity index (χ1n) is 17.7. The molecule has 2 aliphatic heterocycles. The maximum absolute atomic E-state index is 13.8. The summed E-state index contributed by atoms with van der Waals surface area (Å²) in [5.41, 5.74) is 2.08. The third-order valence-corrected chi connectivity index (χ3v) is 8.90. The van der Waals surface area contributed by atoms with Crippen LogP contribution in [0.4, 0.5) is 36.3 Å².